The van der Waals surface area contributed by atoms with E-state index in [1.165, 1.54) is 0 Å². The van der Waals surface area contributed by atoms with Gasteiger partial charge in [-0.1, -0.05) is 0 Å². The second-order valence-electron chi connectivity index (χ2n) is 3.34. The Balaban J connectivity index is 2.12. The lowest BCUT2D eigenvalue weighted by molar-refractivity contribution is 0.174. The smallest absolute Gasteiger partial charge is 0.231 e. The van der Waals surface area contributed by atoms with E-state index in [1.54, 1.807) is 7.11 Å². The first kappa shape index (κ1) is 8.55. The minimum absolute atomic E-state index is 0.285. The van der Waals surface area contributed by atoms with E-state index in [2.05, 4.69) is 9.97 Å². The number of nitrogens with zero attached hydrogens (tertiary/aromatic N) is 1. The van der Waals surface area contributed by atoms with Crippen LogP contribution in [0.15, 0.2) is 12.1 Å². The van der Waals surface area contributed by atoms with Crippen molar-refractivity contribution in [3.8, 4) is 11.5 Å². The first-order valence-electron chi connectivity index (χ1n) is 4.64. The zero-order valence-corrected chi connectivity index (χ0v) is 8.24. The Kier molecular flexibility index (Phi) is 1.78. The molecule has 0 bridgehead atoms. The summed E-state index contributed by atoms with van der Waals surface area (Å²) < 4.78 is 15.5. The van der Waals surface area contributed by atoms with Gasteiger partial charge < -0.3 is 19.2 Å². The van der Waals surface area contributed by atoms with E-state index in [9.17, 15) is 0 Å². The van der Waals surface area contributed by atoms with Gasteiger partial charge in [0.2, 0.25) is 6.79 Å². The maximum absolute atomic E-state index is 5.27. The highest BCUT2D eigenvalue weighted by atomic mass is 16.7. The molecule has 1 aliphatic heterocycles. The third kappa shape index (κ3) is 1.32. The molecule has 0 saturated heterocycles. The average molecular weight is 206 g/mol. The summed E-state index contributed by atoms with van der Waals surface area (Å²) >= 11 is 0. The Morgan fingerprint density at radius 2 is 2.20 bits per heavy atom. The number of fused-ring (bicyclic) bond motifs is 2. The summed E-state index contributed by atoms with van der Waals surface area (Å²) in [5, 5.41) is 0. The molecule has 1 aliphatic rings. The number of aromatic nitrogens is 2. The lowest BCUT2D eigenvalue weighted by Gasteiger charge is -1.93. The van der Waals surface area contributed by atoms with E-state index in [4.69, 9.17) is 14.2 Å². The average Bonchev–Trinajstić information content (AvgIpc) is 2.78. The first-order chi connectivity index (χ1) is 7.36. The number of ether oxygens (including phenoxy) is 3. The molecule has 78 valence electrons. The highest BCUT2D eigenvalue weighted by molar-refractivity contribution is 5.80. The first-order valence-corrected chi connectivity index (χ1v) is 4.64. The summed E-state index contributed by atoms with van der Waals surface area (Å²) in [6.45, 7) is 0.758. The third-order valence-corrected chi connectivity index (χ3v) is 2.31. The van der Waals surface area contributed by atoms with Crippen LogP contribution in [0.3, 0.4) is 0 Å². The molecule has 0 aliphatic carbocycles. The van der Waals surface area contributed by atoms with E-state index in [0.29, 0.717) is 6.61 Å². The van der Waals surface area contributed by atoms with Crippen LogP contribution in [0.4, 0.5) is 0 Å². The number of hydrogen-bond acceptors (Lipinski definition) is 4. The van der Waals surface area contributed by atoms with Crippen LogP contribution in [0.1, 0.15) is 5.82 Å². The van der Waals surface area contributed by atoms with Crippen molar-refractivity contribution in [1.29, 1.82) is 0 Å². The number of nitrogens with one attached hydrogen (secondary N) is 1. The summed E-state index contributed by atoms with van der Waals surface area (Å²) in [5.74, 6) is 2.31. The lowest BCUT2D eigenvalue weighted by atomic mass is 10.3. The van der Waals surface area contributed by atoms with E-state index < -0.39 is 0 Å². The minimum Gasteiger partial charge on any atom is -0.454 e. The summed E-state index contributed by atoms with van der Waals surface area (Å²) in [5.41, 5.74) is 1.80. The molecule has 5 heteroatoms. The van der Waals surface area contributed by atoms with Crippen molar-refractivity contribution < 1.29 is 14.2 Å². The van der Waals surface area contributed by atoms with Crippen LogP contribution in [0.5, 0.6) is 11.5 Å². The molecular formula is C10H10N2O3. The molecule has 3 rings (SSSR count). The van der Waals surface area contributed by atoms with Crippen molar-refractivity contribution in [2.75, 3.05) is 13.9 Å². The van der Waals surface area contributed by atoms with E-state index in [0.717, 1.165) is 28.4 Å². The Hall–Kier alpha value is -1.75. The molecule has 2 aromatic rings. The van der Waals surface area contributed by atoms with Gasteiger partial charge in [-0.05, 0) is 0 Å². The molecule has 1 aromatic heterocycles. The number of methoxy groups -OCH3 is 1. The quantitative estimate of drug-likeness (QED) is 0.807. The number of hydrogen-bond donors (Lipinski definition) is 1. The van der Waals surface area contributed by atoms with Gasteiger partial charge in [-0.25, -0.2) is 4.98 Å². The Labute approximate surface area is 86.0 Å². The standard InChI is InChI=1S/C10H10N2O3/c1-13-4-10-11-6-2-8-9(15-5-14-8)3-7(6)12-10/h2-3H,4-5H2,1H3,(H,11,12). The van der Waals surface area contributed by atoms with Crippen LogP contribution in [0, 0.1) is 0 Å². The normalized spacial score (nSPS) is 13.7. The van der Waals surface area contributed by atoms with E-state index in [1.807, 2.05) is 12.1 Å². The van der Waals surface area contributed by atoms with Crippen molar-refractivity contribution in [1.82, 2.24) is 9.97 Å². The third-order valence-electron chi connectivity index (χ3n) is 2.31. The number of imidazole rings is 1. The van der Waals surface area contributed by atoms with Gasteiger partial charge in [0.15, 0.2) is 11.5 Å². The van der Waals surface area contributed by atoms with Crippen LogP contribution in [0.25, 0.3) is 11.0 Å². The molecule has 0 unspecified atom stereocenters. The maximum atomic E-state index is 5.27. The molecule has 2 heterocycles. The Bertz CT molecular complexity index is 466. The van der Waals surface area contributed by atoms with Crippen LogP contribution in [-0.4, -0.2) is 23.9 Å². The minimum atomic E-state index is 0.285. The highest BCUT2D eigenvalue weighted by Crippen LogP contribution is 2.35. The number of rotatable bonds is 2. The van der Waals surface area contributed by atoms with Gasteiger partial charge in [0.25, 0.3) is 0 Å². The van der Waals surface area contributed by atoms with Crippen LogP contribution in [-0.2, 0) is 11.3 Å². The fourth-order valence-electron chi connectivity index (χ4n) is 1.66. The van der Waals surface area contributed by atoms with Crippen molar-refractivity contribution >= 4 is 11.0 Å². The van der Waals surface area contributed by atoms with Gasteiger partial charge in [0.1, 0.15) is 12.4 Å². The van der Waals surface area contributed by atoms with Crippen molar-refractivity contribution in [2.24, 2.45) is 0 Å². The lowest BCUT2D eigenvalue weighted by Crippen LogP contribution is -1.93. The monoisotopic (exact) mass is 206 g/mol. The highest BCUT2D eigenvalue weighted by Gasteiger charge is 2.15. The zero-order chi connectivity index (χ0) is 10.3. The molecule has 15 heavy (non-hydrogen) atoms. The van der Waals surface area contributed by atoms with Crippen molar-refractivity contribution in [2.45, 2.75) is 6.61 Å². The Morgan fingerprint density at radius 3 is 3.00 bits per heavy atom. The largest absolute Gasteiger partial charge is 0.454 e. The number of benzene rings is 1. The molecule has 0 spiro atoms. The fraction of sp³-hybridized carbons (Fsp3) is 0.300. The van der Waals surface area contributed by atoms with E-state index in [-0.39, 0.29) is 6.79 Å². The van der Waals surface area contributed by atoms with E-state index >= 15 is 0 Å². The number of aromatic amines is 1. The number of H-pyrrole nitrogens is 1. The Morgan fingerprint density at radius 1 is 1.40 bits per heavy atom. The topological polar surface area (TPSA) is 56.4 Å². The van der Waals surface area contributed by atoms with Gasteiger partial charge in [0.05, 0.1) is 11.0 Å². The van der Waals surface area contributed by atoms with Crippen molar-refractivity contribution in [3.05, 3.63) is 18.0 Å². The van der Waals surface area contributed by atoms with Crippen molar-refractivity contribution in [3.63, 3.8) is 0 Å². The molecule has 1 N–H and O–H groups in total. The molecule has 1 aromatic carbocycles. The zero-order valence-electron chi connectivity index (χ0n) is 8.24. The van der Waals surface area contributed by atoms with Gasteiger partial charge in [-0.2, -0.15) is 0 Å². The second-order valence-corrected chi connectivity index (χ2v) is 3.34. The predicted molar refractivity (Wildman–Crippen MR) is 52.9 cm³/mol. The van der Waals surface area contributed by atoms with Gasteiger partial charge in [-0.15, -0.1) is 0 Å². The molecule has 0 fully saturated rings. The molecule has 0 saturated carbocycles. The second kappa shape index (κ2) is 3.13. The van der Waals surface area contributed by atoms with Gasteiger partial charge >= 0.3 is 0 Å². The van der Waals surface area contributed by atoms with Crippen LogP contribution >= 0.6 is 0 Å². The van der Waals surface area contributed by atoms with Crippen LogP contribution in [0.2, 0.25) is 0 Å². The summed E-state index contributed by atoms with van der Waals surface area (Å²) in [6.07, 6.45) is 0. The SMILES string of the molecule is COCc1nc2cc3c(cc2[nH]1)OCO3. The summed E-state index contributed by atoms with van der Waals surface area (Å²) in [7, 11) is 1.64. The van der Waals surface area contributed by atoms with Gasteiger partial charge in [0, 0.05) is 19.2 Å². The molecule has 0 radical (unpaired) electrons. The van der Waals surface area contributed by atoms with Crippen LogP contribution < -0.4 is 9.47 Å². The summed E-state index contributed by atoms with van der Waals surface area (Å²) in [6, 6.07) is 3.76. The maximum Gasteiger partial charge on any atom is 0.231 e. The molecular weight excluding hydrogens is 196 g/mol. The molecule has 0 amide bonds. The van der Waals surface area contributed by atoms with Gasteiger partial charge in [-0.3, -0.25) is 0 Å². The summed E-state index contributed by atoms with van der Waals surface area (Å²) in [4.78, 5) is 7.52. The fourth-order valence-corrected chi connectivity index (χ4v) is 1.66. The molecule has 5 nitrogen and oxygen atoms in total. The molecule has 0 atom stereocenters. The predicted octanol–water partition coefficient (Wildman–Crippen LogP) is 1.44.